The lowest BCUT2D eigenvalue weighted by Crippen LogP contribution is -2.42. The van der Waals surface area contributed by atoms with Gasteiger partial charge in [0, 0.05) is 12.1 Å². The van der Waals surface area contributed by atoms with Gasteiger partial charge in [-0.05, 0) is 62.8 Å². The van der Waals surface area contributed by atoms with Gasteiger partial charge in [0.05, 0.1) is 67.3 Å². The van der Waals surface area contributed by atoms with E-state index in [-0.39, 0.29) is 55.2 Å². The molecule has 0 spiro atoms. The zero-order chi connectivity index (χ0) is 36.3. The number of hydrogen-bond donors (Lipinski definition) is 2. The number of nitrogens with two attached hydrogens (primary N) is 2. The normalized spacial score (nSPS) is 26.0. The fourth-order valence-electron chi connectivity index (χ4n) is 9.84. The van der Waals surface area contributed by atoms with Crippen LogP contribution in [0.1, 0.15) is 101 Å². The number of rotatable bonds is 4. The van der Waals surface area contributed by atoms with Crippen LogP contribution in [-0.4, -0.2) is 30.4 Å². The van der Waals surface area contributed by atoms with Crippen LogP contribution in [0.2, 0.25) is 0 Å². The van der Waals surface area contributed by atoms with Gasteiger partial charge in [-0.2, -0.15) is 0 Å². The number of aromatic nitrogens is 4. The van der Waals surface area contributed by atoms with Crippen molar-refractivity contribution in [2.75, 3.05) is 0 Å². The van der Waals surface area contributed by atoms with Gasteiger partial charge in [0.1, 0.15) is 0 Å². The number of fused-ring (bicyclic) bond motifs is 4. The Morgan fingerprint density at radius 1 is 0.327 bits per heavy atom. The van der Waals surface area contributed by atoms with Gasteiger partial charge < -0.3 is 11.5 Å². The molecule has 4 heterocycles. The van der Waals surface area contributed by atoms with Gasteiger partial charge in [-0.15, -0.1) is 0 Å². The second kappa shape index (κ2) is 11.7. The fraction of sp³-hybridized carbons (Fsp3) is 0.474. The van der Waals surface area contributed by atoms with Gasteiger partial charge in [-0.3, -0.25) is 56.6 Å². The molecular formula is C38H38N6O8. The Morgan fingerprint density at radius 3 is 0.750 bits per heavy atom. The SMILES string of the molecule is N[C@@H]1CCCCC1n1c(=O)c2cc3c(=O)n([C@@H]4CCCC[C@H]4n4c(=O)c5cc6c(=O)n([C@@H]7CCCC[C@H]7N)c(=O)c6cc5c4=O)c(=O)c3cc2c1=O. The largest absolute Gasteiger partial charge is 0.326 e. The summed E-state index contributed by atoms with van der Waals surface area (Å²) < 4.78 is 4.48. The minimum absolute atomic E-state index is 0.0120. The molecule has 4 N–H and O–H groups in total. The molecule has 14 heteroatoms. The monoisotopic (exact) mass is 706 g/mol. The molecule has 0 amide bonds. The van der Waals surface area contributed by atoms with Crippen LogP contribution < -0.4 is 55.9 Å². The molecule has 0 saturated heterocycles. The standard InChI is InChI=1S/C38H38N6O8/c39-25-7-1-3-9-27(25)41-31(45)17-13-21-22(14-18(17)32(41)46)36(50)43(35(21)49)29-11-5-6-12-30(29)44-37(51)23-15-19-20(16-24(23)38(44)52)34(48)42(33(19)47)28-10-4-2-8-26(28)40/h13-16,25-30H,1-12,39-40H2/t25-,26-,27-,28?,29-,30-/m1/s1. The molecule has 0 radical (unpaired) electrons. The third-order valence-corrected chi connectivity index (χ3v) is 12.5. The van der Waals surface area contributed by atoms with Crippen LogP contribution in [0.4, 0.5) is 0 Å². The highest BCUT2D eigenvalue weighted by Crippen LogP contribution is 2.36. The first kappa shape index (κ1) is 32.8. The molecular weight excluding hydrogens is 668 g/mol. The van der Waals surface area contributed by atoms with Crippen molar-refractivity contribution in [1.82, 2.24) is 18.3 Å². The van der Waals surface area contributed by atoms with Gasteiger partial charge in [0.2, 0.25) is 0 Å². The van der Waals surface area contributed by atoms with Crippen LogP contribution in [0.5, 0.6) is 0 Å². The summed E-state index contributed by atoms with van der Waals surface area (Å²) in [5.41, 5.74) is 7.76. The first-order valence-corrected chi connectivity index (χ1v) is 18.4. The van der Waals surface area contributed by atoms with Crippen LogP contribution >= 0.6 is 0 Å². The van der Waals surface area contributed by atoms with Crippen LogP contribution in [0.15, 0.2) is 62.6 Å². The summed E-state index contributed by atoms with van der Waals surface area (Å²) in [6.45, 7) is 0. The zero-order valence-corrected chi connectivity index (χ0v) is 28.5. The maximum absolute atomic E-state index is 14.1. The van der Waals surface area contributed by atoms with E-state index in [1.807, 2.05) is 0 Å². The van der Waals surface area contributed by atoms with Crippen LogP contribution in [0, 0.1) is 0 Å². The summed E-state index contributed by atoms with van der Waals surface area (Å²) in [5, 5.41) is 0.142. The Balaban J connectivity index is 1.17. The summed E-state index contributed by atoms with van der Waals surface area (Å²) in [4.78, 5) is 111. The van der Waals surface area contributed by atoms with Crippen molar-refractivity contribution in [3.8, 4) is 0 Å². The smallest absolute Gasteiger partial charge is 0.261 e. The number of hydrogen-bond acceptors (Lipinski definition) is 10. The Hall–Kier alpha value is -5.08. The van der Waals surface area contributed by atoms with E-state index in [1.165, 1.54) is 33.4 Å². The Morgan fingerprint density at radius 2 is 0.519 bits per heavy atom. The second-order valence-corrected chi connectivity index (χ2v) is 15.3. The third kappa shape index (κ3) is 4.43. The molecule has 4 aromatic heterocycles. The molecule has 9 rings (SSSR count). The van der Waals surface area contributed by atoms with E-state index in [2.05, 4.69) is 0 Å². The average Bonchev–Trinajstić information content (AvgIpc) is 3.73. The molecule has 0 aliphatic heterocycles. The highest BCUT2D eigenvalue weighted by molar-refractivity contribution is 5.99. The molecule has 0 bridgehead atoms. The van der Waals surface area contributed by atoms with Crippen LogP contribution in [0.25, 0.3) is 43.1 Å². The molecule has 268 valence electrons. The van der Waals surface area contributed by atoms with E-state index in [0.29, 0.717) is 51.4 Å². The summed E-state index contributed by atoms with van der Waals surface area (Å²) in [5.74, 6) is 0. The molecule has 3 saturated carbocycles. The Bertz CT molecular complexity index is 2560. The highest BCUT2D eigenvalue weighted by Gasteiger charge is 2.36. The predicted octanol–water partition coefficient (Wildman–Crippen LogP) is 1.38. The summed E-state index contributed by atoms with van der Waals surface area (Å²) in [6.07, 6.45) is 7.90. The quantitative estimate of drug-likeness (QED) is 0.269. The molecule has 14 nitrogen and oxygen atoms in total. The topological polar surface area (TPSA) is 208 Å². The van der Waals surface area contributed by atoms with E-state index in [0.717, 1.165) is 34.8 Å². The summed E-state index contributed by atoms with van der Waals surface area (Å²) in [6, 6.07) is 1.88. The first-order chi connectivity index (χ1) is 25.0. The number of benzene rings is 2. The van der Waals surface area contributed by atoms with Crippen LogP contribution in [0.3, 0.4) is 0 Å². The highest BCUT2D eigenvalue weighted by atomic mass is 16.2. The minimum atomic E-state index is -0.875. The molecule has 2 aromatic carbocycles. The van der Waals surface area contributed by atoms with Gasteiger partial charge in [-0.1, -0.05) is 38.5 Å². The third-order valence-electron chi connectivity index (χ3n) is 12.5. The van der Waals surface area contributed by atoms with Crippen LogP contribution in [-0.2, 0) is 0 Å². The van der Waals surface area contributed by atoms with Gasteiger partial charge >= 0.3 is 0 Å². The minimum Gasteiger partial charge on any atom is -0.326 e. The van der Waals surface area contributed by atoms with E-state index in [1.54, 1.807) is 0 Å². The van der Waals surface area contributed by atoms with Crippen molar-refractivity contribution >= 4 is 43.1 Å². The lowest BCUT2D eigenvalue weighted by molar-refractivity contribution is 0.229. The van der Waals surface area contributed by atoms with E-state index in [9.17, 15) is 38.4 Å². The molecule has 1 unspecified atom stereocenters. The molecule has 52 heavy (non-hydrogen) atoms. The first-order valence-electron chi connectivity index (χ1n) is 18.4. The Kier molecular flexibility index (Phi) is 7.39. The lowest BCUT2D eigenvalue weighted by atomic mass is 9.90. The van der Waals surface area contributed by atoms with E-state index in [4.69, 9.17) is 11.5 Å². The molecule has 3 aliphatic rings. The number of nitrogens with zero attached hydrogens (tertiary/aromatic N) is 4. The van der Waals surface area contributed by atoms with E-state index >= 15 is 0 Å². The fourth-order valence-corrected chi connectivity index (χ4v) is 9.84. The van der Waals surface area contributed by atoms with Gasteiger partial charge in [0.25, 0.3) is 44.5 Å². The van der Waals surface area contributed by atoms with Crippen molar-refractivity contribution in [2.24, 2.45) is 11.5 Å². The predicted molar refractivity (Wildman–Crippen MR) is 197 cm³/mol. The Labute approximate surface area is 292 Å². The maximum Gasteiger partial charge on any atom is 0.261 e. The van der Waals surface area contributed by atoms with Crippen molar-refractivity contribution in [3.63, 3.8) is 0 Å². The van der Waals surface area contributed by atoms with E-state index < -0.39 is 68.6 Å². The molecule has 6 aromatic rings. The van der Waals surface area contributed by atoms with Gasteiger partial charge in [-0.25, -0.2) is 0 Å². The molecule has 3 aliphatic carbocycles. The summed E-state index contributed by atoms with van der Waals surface area (Å²) in [7, 11) is 0. The summed E-state index contributed by atoms with van der Waals surface area (Å²) >= 11 is 0. The maximum atomic E-state index is 14.1. The van der Waals surface area contributed by atoms with Crippen molar-refractivity contribution in [2.45, 2.75) is 113 Å². The second-order valence-electron chi connectivity index (χ2n) is 15.3. The lowest BCUT2D eigenvalue weighted by Gasteiger charge is -2.31. The average molecular weight is 707 g/mol. The van der Waals surface area contributed by atoms with Crippen molar-refractivity contribution in [1.29, 1.82) is 0 Å². The van der Waals surface area contributed by atoms with Gasteiger partial charge in [0.15, 0.2) is 0 Å². The molecule has 6 atom stereocenters. The molecule has 3 fully saturated rings. The zero-order valence-electron chi connectivity index (χ0n) is 28.5. The van der Waals surface area contributed by atoms with Crippen molar-refractivity contribution in [3.05, 3.63) is 107 Å². The van der Waals surface area contributed by atoms with Crippen molar-refractivity contribution < 1.29 is 0 Å².